The summed E-state index contributed by atoms with van der Waals surface area (Å²) in [5.41, 5.74) is 0.958. The van der Waals surface area contributed by atoms with Gasteiger partial charge < -0.3 is 14.4 Å². The van der Waals surface area contributed by atoms with Crippen molar-refractivity contribution in [2.75, 3.05) is 26.2 Å². The van der Waals surface area contributed by atoms with Crippen molar-refractivity contribution in [2.45, 2.75) is 57.9 Å². The van der Waals surface area contributed by atoms with Gasteiger partial charge in [-0.1, -0.05) is 13.8 Å². The Kier molecular flexibility index (Phi) is 5.33. The molecule has 134 valence electrons. The molecule has 2 fully saturated rings. The Labute approximate surface area is 146 Å². The molecule has 4 heteroatoms. The quantitative estimate of drug-likeness (QED) is 0.844. The topological polar surface area (TPSA) is 28.5 Å². The summed E-state index contributed by atoms with van der Waals surface area (Å²) in [5, 5.41) is 0. The van der Waals surface area contributed by atoms with Crippen molar-refractivity contribution in [3.05, 3.63) is 24.0 Å². The molecule has 0 radical (unpaired) electrons. The summed E-state index contributed by atoms with van der Waals surface area (Å²) in [6, 6.07) is 1.96. The number of amides is 1. The van der Waals surface area contributed by atoms with Crippen LogP contribution in [0.3, 0.4) is 0 Å². The Balaban J connectivity index is 1.68. The number of carbonyl (C=O) groups is 1. The molecular formula is C20H33N3O. The summed E-state index contributed by atoms with van der Waals surface area (Å²) in [5.74, 6) is 1.01. The first-order valence-electron chi connectivity index (χ1n) is 9.66. The molecule has 1 amide bonds. The van der Waals surface area contributed by atoms with E-state index in [9.17, 15) is 4.79 Å². The molecule has 0 aliphatic carbocycles. The van der Waals surface area contributed by atoms with Crippen LogP contribution in [0.1, 0.15) is 62.7 Å². The summed E-state index contributed by atoms with van der Waals surface area (Å²) < 4.78 is 1.97. The average Bonchev–Trinajstić information content (AvgIpc) is 3.09. The van der Waals surface area contributed by atoms with Crippen molar-refractivity contribution in [3.8, 4) is 0 Å². The lowest BCUT2D eigenvalue weighted by Gasteiger charge is -2.38. The minimum absolute atomic E-state index is 0.111. The van der Waals surface area contributed by atoms with Gasteiger partial charge in [0.1, 0.15) is 0 Å². The Morgan fingerprint density at radius 3 is 2.58 bits per heavy atom. The zero-order valence-corrected chi connectivity index (χ0v) is 15.6. The van der Waals surface area contributed by atoms with E-state index >= 15 is 0 Å². The van der Waals surface area contributed by atoms with Gasteiger partial charge in [0.25, 0.3) is 5.91 Å². The lowest BCUT2D eigenvalue weighted by molar-refractivity contribution is 0.0558. The van der Waals surface area contributed by atoms with E-state index in [-0.39, 0.29) is 11.4 Å². The van der Waals surface area contributed by atoms with Crippen LogP contribution in [-0.2, 0) is 7.05 Å². The number of likely N-dealkylation sites (tertiary alicyclic amines) is 2. The molecule has 4 nitrogen and oxygen atoms in total. The SMILES string of the molecule is CC(C)CCN1CCC[C@]2(CCCN2C(=O)c2ccn(C)c2)CC1. The highest BCUT2D eigenvalue weighted by atomic mass is 16.2. The minimum atomic E-state index is 0.111. The van der Waals surface area contributed by atoms with E-state index in [2.05, 4.69) is 23.6 Å². The van der Waals surface area contributed by atoms with Crippen molar-refractivity contribution in [3.63, 3.8) is 0 Å². The van der Waals surface area contributed by atoms with Crippen LogP contribution in [-0.4, -0.2) is 52.0 Å². The van der Waals surface area contributed by atoms with Gasteiger partial charge in [0.05, 0.1) is 5.56 Å². The summed E-state index contributed by atoms with van der Waals surface area (Å²) in [6.07, 6.45) is 11.1. The Morgan fingerprint density at radius 1 is 1.17 bits per heavy atom. The van der Waals surface area contributed by atoms with Crippen molar-refractivity contribution in [1.82, 2.24) is 14.4 Å². The monoisotopic (exact) mass is 331 g/mol. The molecule has 1 aromatic heterocycles. The van der Waals surface area contributed by atoms with Gasteiger partial charge in [-0.3, -0.25) is 4.79 Å². The lowest BCUT2D eigenvalue weighted by atomic mass is 9.87. The van der Waals surface area contributed by atoms with Crippen LogP contribution >= 0.6 is 0 Å². The van der Waals surface area contributed by atoms with Crippen LogP contribution in [0.2, 0.25) is 0 Å². The molecule has 2 saturated heterocycles. The van der Waals surface area contributed by atoms with E-state index in [1.807, 2.05) is 30.1 Å². The maximum absolute atomic E-state index is 13.0. The van der Waals surface area contributed by atoms with Gasteiger partial charge in [0.2, 0.25) is 0 Å². The maximum Gasteiger partial charge on any atom is 0.255 e. The van der Waals surface area contributed by atoms with Crippen molar-refractivity contribution in [2.24, 2.45) is 13.0 Å². The van der Waals surface area contributed by atoms with E-state index in [1.165, 1.54) is 38.8 Å². The molecule has 3 heterocycles. The van der Waals surface area contributed by atoms with E-state index < -0.39 is 0 Å². The molecule has 1 aromatic rings. The molecule has 0 aromatic carbocycles. The van der Waals surface area contributed by atoms with Gasteiger partial charge in [-0.05, 0) is 63.6 Å². The second-order valence-corrected chi connectivity index (χ2v) is 8.23. The largest absolute Gasteiger partial charge is 0.356 e. The van der Waals surface area contributed by atoms with Crippen LogP contribution in [0.25, 0.3) is 0 Å². The number of hydrogen-bond acceptors (Lipinski definition) is 2. The molecule has 0 N–H and O–H groups in total. The summed E-state index contributed by atoms with van der Waals surface area (Å²) in [4.78, 5) is 17.9. The van der Waals surface area contributed by atoms with Crippen LogP contribution in [0, 0.1) is 5.92 Å². The highest BCUT2D eigenvalue weighted by Crippen LogP contribution is 2.39. The van der Waals surface area contributed by atoms with Gasteiger partial charge in [0.15, 0.2) is 0 Å². The van der Waals surface area contributed by atoms with E-state index in [0.717, 1.165) is 37.4 Å². The summed E-state index contributed by atoms with van der Waals surface area (Å²) in [7, 11) is 1.98. The van der Waals surface area contributed by atoms with E-state index in [0.29, 0.717) is 0 Å². The first-order chi connectivity index (χ1) is 11.5. The Bertz CT molecular complexity index is 565. The Hall–Kier alpha value is -1.29. The number of hydrogen-bond donors (Lipinski definition) is 0. The number of rotatable bonds is 4. The number of aryl methyl sites for hydroxylation is 1. The van der Waals surface area contributed by atoms with Gasteiger partial charge in [0, 0.05) is 38.1 Å². The molecule has 24 heavy (non-hydrogen) atoms. The third kappa shape index (κ3) is 3.69. The fourth-order valence-corrected chi connectivity index (χ4v) is 4.46. The first kappa shape index (κ1) is 17.5. The minimum Gasteiger partial charge on any atom is -0.356 e. The fourth-order valence-electron chi connectivity index (χ4n) is 4.46. The third-order valence-corrected chi connectivity index (χ3v) is 5.95. The highest BCUT2D eigenvalue weighted by Gasteiger charge is 2.44. The maximum atomic E-state index is 13.0. The van der Waals surface area contributed by atoms with Crippen LogP contribution in [0.15, 0.2) is 18.5 Å². The Morgan fingerprint density at radius 2 is 1.92 bits per heavy atom. The highest BCUT2D eigenvalue weighted by molar-refractivity contribution is 5.94. The predicted octanol–water partition coefficient (Wildman–Crippen LogP) is 3.53. The zero-order chi connectivity index (χ0) is 17.2. The van der Waals surface area contributed by atoms with Crippen LogP contribution in [0.5, 0.6) is 0 Å². The summed E-state index contributed by atoms with van der Waals surface area (Å²) in [6.45, 7) is 9.08. The summed E-state index contributed by atoms with van der Waals surface area (Å²) >= 11 is 0. The van der Waals surface area contributed by atoms with Crippen molar-refractivity contribution < 1.29 is 4.79 Å². The number of carbonyl (C=O) groups excluding carboxylic acids is 1. The van der Waals surface area contributed by atoms with E-state index in [1.54, 1.807) is 0 Å². The molecule has 3 rings (SSSR count). The molecule has 2 aliphatic heterocycles. The second kappa shape index (κ2) is 7.30. The van der Waals surface area contributed by atoms with Crippen molar-refractivity contribution >= 4 is 5.91 Å². The molecule has 0 unspecified atom stereocenters. The van der Waals surface area contributed by atoms with Gasteiger partial charge in [-0.15, -0.1) is 0 Å². The molecule has 1 spiro atoms. The standard InChI is InChI=1S/C20H33N3O/c1-17(2)6-14-22-11-4-8-20(10-15-22)9-5-12-23(20)19(24)18-7-13-21(3)16-18/h7,13,16-17H,4-6,8-12,14-15H2,1-3H3/t20-/m0/s1. The normalized spacial score (nSPS) is 25.6. The second-order valence-electron chi connectivity index (χ2n) is 8.23. The zero-order valence-electron chi connectivity index (χ0n) is 15.6. The molecule has 0 saturated carbocycles. The lowest BCUT2D eigenvalue weighted by Crippen LogP contribution is -2.47. The molecule has 0 bridgehead atoms. The number of aromatic nitrogens is 1. The third-order valence-electron chi connectivity index (χ3n) is 5.95. The predicted molar refractivity (Wildman–Crippen MR) is 98.2 cm³/mol. The van der Waals surface area contributed by atoms with Crippen LogP contribution < -0.4 is 0 Å². The van der Waals surface area contributed by atoms with Gasteiger partial charge >= 0.3 is 0 Å². The first-order valence-corrected chi connectivity index (χ1v) is 9.66. The average molecular weight is 332 g/mol. The van der Waals surface area contributed by atoms with Crippen molar-refractivity contribution in [1.29, 1.82) is 0 Å². The molecule has 1 atom stereocenters. The molecular weight excluding hydrogens is 298 g/mol. The van der Waals surface area contributed by atoms with E-state index in [4.69, 9.17) is 0 Å². The van der Waals surface area contributed by atoms with Gasteiger partial charge in [-0.25, -0.2) is 0 Å². The number of nitrogens with zero attached hydrogens (tertiary/aromatic N) is 3. The van der Waals surface area contributed by atoms with Crippen LogP contribution in [0.4, 0.5) is 0 Å². The van der Waals surface area contributed by atoms with Gasteiger partial charge in [-0.2, -0.15) is 0 Å². The fraction of sp³-hybridized carbons (Fsp3) is 0.750. The molecule has 2 aliphatic rings. The smallest absolute Gasteiger partial charge is 0.255 e.